The number of ether oxygens (including phenoxy) is 2. The van der Waals surface area contributed by atoms with Crippen molar-refractivity contribution in [1.29, 1.82) is 0 Å². The SMILES string of the molecule is CCCCCCCCC/C=C/CC/C=C/CC/C=C/C(O)C(COC1OC(CO)C(O)C(O)C1O)NC(=O)CCCCCCCCCCCCCCCCCCCCCCC. The minimum Gasteiger partial charge on any atom is -0.394 e. The fourth-order valence-electron chi connectivity index (χ4n) is 8.07. The number of aliphatic hydroxyl groups is 5. The third kappa shape index (κ3) is 32.7. The van der Waals surface area contributed by atoms with E-state index in [0.717, 1.165) is 44.9 Å². The van der Waals surface area contributed by atoms with Crippen LogP contribution in [0.5, 0.6) is 0 Å². The van der Waals surface area contributed by atoms with Gasteiger partial charge in [-0.1, -0.05) is 217 Å². The van der Waals surface area contributed by atoms with Gasteiger partial charge >= 0.3 is 0 Å². The smallest absolute Gasteiger partial charge is 0.220 e. The zero-order chi connectivity index (χ0) is 44.4. The van der Waals surface area contributed by atoms with Crippen molar-refractivity contribution in [1.82, 2.24) is 5.32 Å². The van der Waals surface area contributed by atoms with Crippen molar-refractivity contribution in [3.63, 3.8) is 0 Å². The summed E-state index contributed by atoms with van der Waals surface area (Å²) in [5.74, 6) is -0.188. The molecule has 0 radical (unpaired) electrons. The van der Waals surface area contributed by atoms with Crippen molar-refractivity contribution < 1.29 is 39.8 Å². The van der Waals surface area contributed by atoms with E-state index in [9.17, 15) is 30.3 Å². The normalized spacial score (nSPS) is 20.7. The van der Waals surface area contributed by atoms with Gasteiger partial charge in [-0.15, -0.1) is 0 Å². The standard InChI is InChI=1S/C52H97NO8/c1-3-5-7-9-11-13-15-17-19-21-22-23-24-26-28-30-32-34-36-38-40-42-48(56)53-45(44-60-52-51(59)50(58)49(57)47(43-54)61-52)46(55)41-39-37-35-33-31-29-27-25-20-18-16-14-12-10-8-6-4-2/h20,25,31,33,39,41,45-47,49-52,54-55,57-59H,3-19,21-24,26-30,32,34-38,40,42-44H2,1-2H3,(H,53,56)/b25-20+,33-31+,41-39+. The van der Waals surface area contributed by atoms with E-state index in [4.69, 9.17) is 9.47 Å². The second-order valence-corrected chi connectivity index (χ2v) is 18.0. The van der Waals surface area contributed by atoms with Crippen LogP contribution in [0.1, 0.15) is 232 Å². The van der Waals surface area contributed by atoms with Crippen molar-refractivity contribution >= 4 is 5.91 Å². The van der Waals surface area contributed by atoms with E-state index in [1.807, 2.05) is 6.08 Å². The van der Waals surface area contributed by atoms with Crippen LogP contribution in [0.3, 0.4) is 0 Å². The summed E-state index contributed by atoms with van der Waals surface area (Å²) in [5.41, 5.74) is 0. The van der Waals surface area contributed by atoms with Crippen LogP contribution in [-0.4, -0.2) is 87.5 Å². The number of amides is 1. The molecule has 1 heterocycles. The Hall–Kier alpha value is -1.59. The molecule has 1 fully saturated rings. The lowest BCUT2D eigenvalue weighted by molar-refractivity contribution is -0.302. The Morgan fingerprint density at radius 3 is 1.38 bits per heavy atom. The van der Waals surface area contributed by atoms with E-state index in [0.29, 0.717) is 6.42 Å². The minimum absolute atomic E-state index is 0.188. The van der Waals surface area contributed by atoms with Gasteiger partial charge in [0, 0.05) is 6.42 Å². The number of nitrogens with one attached hydrogen (secondary N) is 1. The maximum Gasteiger partial charge on any atom is 0.220 e. The minimum atomic E-state index is -1.57. The number of hydrogen-bond acceptors (Lipinski definition) is 8. The Balaban J connectivity index is 2.31. The molecule has 7 atom stereocenters. The van der Waals surface area contributed by atoms with Crippen LogP contribution in [0.25, 0.3) is 0 Å². The van der Waals surface area contributed by atoms with E-state index in [1.54, 1.807) is 6.08 Å². The molecule has 1 rings (SSSR count). The first-order chi connectivity index (χ1) is 29.8. The quantitative estimate of drug-likeness (QED) is 0.0262. The Labute approximate surface area is 374 Å². The second kappa shape index (κ2) is 42.4. The number of aliphatic hydroxyl groups excluding tert-OH is 5. The van der Waals surface area contributed by atoms with Gasteiger partial charge < -0.3 is 40.3 Å². The first kappa shape index (κ1) is 57.4. The highest BCUT2D eigenvalue weighted by Gasteiger charge is 2.44. The van der Waals surface area contributed by atoms with Gasteiger partial charge in [0.1, 0.15) is 24.4 Å². The average Bonchev–Trinajstić information content (AvgIpc) is 3.26. The Morgan fingerprint density at radius 2 is 0.934 bits per heavy atom. The van der Waals surface area contributed by atoms with Gasteiger partial charge in [0.15, 0.2) is 6.29 Å². The Morgan fingerprint density at radius 1 is 0.541 bits per heavy atom. The van der Waals surface area contributed by atoms with Gasteiger partial charge in [-0.25, -0.2) is 0 Å². The number of allylic oxidation sites excluding steroid dienone is 5. The number of carbonyl (C=O) groups is 1. The largest absolute Gasteiger partial charge is 0.394 e. The number of rotatable bonds is 43. The lowest BCUT2D eigenvalue weighted by Crippen LogP contribution is -2.60. The third-order valence-corrected chi connectivity index (χ3v) is 12.2. The van der Waals surface area contributed by atoms with E-state index in [2.05, 4.69) is 43.5 Å². The van der Waals surface area contributed by atoms with Crippen molar-refractivity contribution in [2.75, 3.05) is 13.2 Å². The molecule has 0 bridgehead atoms. The summed E-state index contributed by atoms with van der Waals surface area (Å²) >= 11 is 0. The molecule has 0 aromatic rings. The molecule has 0 aromatic carbocycles. The predicted molar refractivity (Wildman–Crippen MR) is 253 cm³/mol. The fourth-order valence-corrected chi connectivity index (χ4v) is 8.07. The van der Waals surface area contributed by atoms with Crippen molar-refractivity contribution in [3.05, 3.63) is 36.5 Å². The monoisotopic (exact) mass is 864 g/mol. The van der Waals surface area contributed by atoms with Crippen LogP contribution in [0.15, 0.2) is 36.5 Å². The summed E-state index contributed by atoms with van der Waals surface area (Å²) in [4.78, 5) is 13.0. The van der Waals surface area contributed by atoms with Crippen molar-refractivity contribution in [2.45, 2.75) is 275 Å². The molecular weight excluding hydrogens is 767 g/mol. The van der Waals surface area contributed by atoms with Crippen LogP contribution in [0, 0.1) is 0 Å². The molecule has 7 unspecified atom stereocenters. The predicted octanol–water partition coefficient (Wildman–Crippen LogP) is 11.6. The lowest BCUT2D eigenvalue weighted by atomic mass is 9.99. The summed E-state index contributed by atoms with van der Waals surface area (Å²) in [5, 5.41) is 54.3. The molecule has 0 spiro atoms. The molecule has 358 valence electrons. The maximum atomic E-state index is 13.0. The molecule has 9 nitrogen and oxygen atoms in total. The van der Waals surface area contributed by atoms with Crippen LogP contribution < -0.4 is 5.32 Å². The lowest BCUT2D eigenvalue weighted by Gasteiger charge is -2.40. The number of hydrogen-bond donors (Lipinski definition) is 6. The highest BCUT2D eigenvalue weighted by molar-refractivity contribution is 5.76. The second-order valence-electron chi connectivity index (χ2n) is 18.0. The summed E-state index contributed by atoms with van der Waals surface area (Å²) in [6.07, 6.45) is 46.2. The number of carbonyl (C=O) groups excluding carboxylic acids is 1. The van der Waals surface area contributed by atoms with Crippen LogP contribution in [-0.2, 0) is 14.3 Å². The first-order valence-corrected chi connectivity index (χ1v) is 25.7. The van der Waals surface area contributed by atoms with Gasteiger partial charge in [-0.3, -0.25) is 4.79 Å². The van der Waals surface area contributed by atoms with Gasteiger partial charge in [0.2, 0.25) is 5.91 Å². The summed E-state index contributed by atoms with van der Waals surface area (Å²) in [7, 11) is 0. The molecule has 9 heteroatoms. The van der Waals surface area contributed by atoms with E-state index in [1.165, 1.54) is 167 Å². The average molecular weight is 864 g/mol. The summed E-state index contributed by atoms with van der Waals surface area (Å²) < 4.78 is 11.2. The maximum absolute atomic E-state index is 13.0. The third-order valence-electron chi connectivity index (χ3n) is 12.2. The molecule has 0 aromatic heterocycles. The van der Waals surface area contributed by atoms with E-state index < -0.39 is 49.5 Å². The molecule has 61 heavy (non-hydrogen) atoms. The zero-order valence-electron chi connectivity index (χ0n) is 39.4. The van der Waals surface area contributed by atoms with Gasteiger partial charge in [-0.05, 0) is 44.9 Å². The van der Waals surface area contributed by atoms with Gasteiger partial charge in [0.25, 0.3) is 0 Å². The first-order valence-electron chi connectivity index (χ1n) is 25.7. The van der Waals surface area contributed by atoms with Crippen LogP contribution >= 0.6 is 0 Å². The molecule has 0 saturated carbocycles. The molecular formula is C52H97NO8. The molecule has 1 saturated heterocycles. The molecule has 6 N–H and O–H groups in total. The highest BCUT2D eigenvalue weighted by atomic mass is 16.7. The molecule has 1 amide bonds. The van der Waals surface area contributed by atoms with E-state index >= 15 is 0 Å². The fraction of sp³-hybridized carbons (Fsp3) is 0.865. The summed E-state index contributed by atoms with van der Waals surface area (Å²) in [6.45, 7) is 3.76. The molecule has 1 aliphatic heterocycles. The van der Waals surface area contributed by atoms with Crippen molar-refractivity contribution in [2.24, 2.45) is 0 Å². The van der Waals surface area contributed by atoms with Crippen LogP contribution in [0.2, 0.25) is 0 Å². The topological polar surface area (TPSA) is 149 Å². The van der Waals surface area contributed by atoms with Gasteiger partial charge in [0.05, 0.1) is 25.4 Å². The summed E-state index contributed by atoms with van der Waals surface area (Å²) in [6, 6.07) is -0.825. The van der Waals surface area contributed by atoms with Gasteiger partial charge in [-0.2, -0.15) is 0 Å². The number of unbranched alkanes of at least 4 members (excludes halogenated alkanes) is 29. The highest BCUT2D eigenvalue weighted by Crippen LogP contribution is 2.23. The van der Waals surface area contributed by atoms with Crippen molar-refractivity contribution in [3.8, 4) is 0 Å². The van der Waals surface area contributed by atoms with E-state index in [-0.39, 0.29) is 12.5 Å². The molecule has 1 aliphatic rings. The zero-order valence-corrected chi connectivity index (χ0v) is 39.4. The van der Waals surface area contributed by atoms with Crippen LogP contribution in [0.4, 0.5) is 0 Å². The Kier molecular flexibility index (Phi) is 39.9. The Bertz CT molecular complexity index is 1050. The molecule has 0 aliphatic carbocycles.